The molecule has 3 heterocycles. The standard InChI is InChI=1S/C25H25Cl2N5O2/c1-14-11-30(19-8-5-15(2)16(3)9-19)24-28-22-21(31(24)12-14)23(33)32(25(34)29(22)4)13-17-6-7-18(26)10-20(17)27/h5-10,14H,11-13H2,1-4H3. The Balaban J connectivity index is 1.71. The molecule has 0 amide bonds. The smallest absolute Gasteiger partial charge is 0.312 e. The van der Waals surface area contributed by atoms with E-state index < -0.39 is 5.69 Å². The van der Waals surface area contributed by atoms with E-state index in [1.165, 1.54) is 20.3 Å². The highest BCUT2D eigenvalue weighted by molar-refractivity contribution is 6.35. The van der Waals surface area contributed by atoms with Crippen LogP contribution < -0.4 is 16.1 Å². The highest BCUT2D eigenvalue weighted by Crippen LogP contribution is 2.33. The van der Waals surface area contributed by atoms with Gasteiger partial charge in [-0.15, -0.1) is 0 Å². The molecule has 0 N–H and O–H groups in total. The van der Waals surface area contributed by atoms with Crippen molar-refractivity contribution in [2.75, 3.05) is 11.4 Å². The Morgan fingerprint density at radius 3 is 2.50 bits per heavy atom. The molecule has 1 aliphatic heterocycles. The highest BCUT2D eigenvalue weighted by Gasteiger charge is 2.30. The van der Waals surface area contributed by atoms with Gasteiger partial charge in [-0.25, -0.2) is 4.79 Å². The van der Waals surface area contributed by atoms with Crippen LogP contribution in [0.4, 0.5) is 11.6 Å². The van der Waals surface area contributed by atoms with Gasteiger partial charge in [0.2, 0.25) is 5.95 Å². The molecule has 1 unspecified atom stereocenters. The van der Waals surface area contributed by atoms with Gasteiger partial charge in [0.15, 0.2) is 11.2 Å². The second kappa shape index (κ2) is 8.32. The van der Waals surface area contributed by atoms with E-state index in [4.69, 9.17) is 28.2 Å². The van der Waals surface area contributed by atoms with Crippen molar-refractivity contribution in [3.8, 4) is 0 Å². The summed E-state index contributed by atoms with van der Waals surface area (Å²) in [7, 11) is 1.65. The first kappa shape index (κ1) is 22.7. The normalized spacial score (nSPS) is 15.7. The van der Waals surface area contributed by atoms with Crippen LogP contribution in [0.2, 0.25) is 10.0 Å². The van der Waals surface area contributed by atoms with Crippen LogP contribution in [0.1, 0.15) is 23.6 Å². The molecule has 0 radical (unpaired) electrons. The van der Waals surface area contributed by atoms with Crippen LogP contribution in [0.5, 0.6) is 0 Å². The minimum atomic E-state index is -0.440. The molecule has 34 heavy (non-hydrogen) atoms. The number of aryl methyl sites for hydroxylation is 3. The number of imidazole rings is 1. The SMILES string of the molecule is Cc1ccc(N2CC(C)Cn3c2nc2c3c(=O)n(Cc3ccc(Cl)cc3Cl)c(=O)n2C)cc1C. The average Bonchev–Trinajstić information content (AvgIpc) is 3.17. The first-order valence-corrected chi connectivity index (χ1v) is 11.9. The van der Waals surface area contributed by atoms with Crippen LogP contribution in [-0.4, -0.2) is 25.2 Å². The number of anilines is 2. The summed E-state index contributed by atoms with van der Waals surface area (Å²) in [6.45, 7) is 7.78. The number of benzene rings is 2. The molecule has 1 aliphatic rings. The maximum absolute atomic E-state index is 13.7. The van der Waals surface area contributed by atoms with Crippen molar-refractivity contribution in [2.24, 2.45) is 13.0 Å². The van der Waals surface area contributed by atoms with E-state index in [2.05, 4.69) is 43.9 Å². The fraction of sp³-hybridized carbons (Fsp3) is 0.320. The lowest BCUT2D eigenvalue weighted by Crippen LogP contribution is -2.40. The van der Waals surface area contributed by atoms with Crippen LogP contribution in [0, 0.1) is 19.8 Å². The molecular weight excluding hydrogens is 473 g/mol. The summed E-state index contributed by atoms with van der Waals surface area (Å²) >= 11 is 12.3. The van der Waals surface area contributed by atoms with E-state index >= 15 is 0 Å². The predicted molar refractivity (Wildman–Crippen MR) is 137 cm³/mol. The summed E-state index contributed by atoms with van der Waals surface area (Å²) in [6, 6.07) is 11.3. The van der Waals surface area contributed by atoms with Crippen molar-refractivity contribution >= 4 is 46.0 Å². The average molecular weight is 498 g/mol. The van der Waals surface area contributed by atoms with Crippen molar-refractivity contribution in [1.29, 1.82) is 0 Å². The zero-order valence-corrected chi connectivity index (χ0v) is 21.0. The summed E-state index contributed by atoms with van der Waals surface area (Å²) in [5.74, 6) is 0.952. The summed E-state index contributed by atoms with van der Waals surface area (Å²) in [6.07, 6.45) is 0. The number of hydrogen-bond donors (Lipinski definition) is 0. The van der Waals surface area contributed by atoms with Crippen molar-refractivity contribution in [3.05, 3.63) is 84.0 Å². The number of rotatable bonds is 3. The van der Waals surface area contributed by atoms with Crippen LogP contribution in [0.25, 0.3) is 11.2 Å². The molecule has 9 heteroatoms. The number of fused-ring (bicyclic) bond motifs is 3. The van der Waals surface area contributed by atoms with Crippen LogP contribution >= 0.6 is 23.2 Å². The largest absolute Gasteiger partial charge is 0.332 e. The molecule has 2 aromatic carbocycles. The Labute approximate surface area is 206 Å². The summed E-state index contributed by atoms with van der Waals surface area (Å²) < 4.78 is 4.60. The Morgan fingerprint density at radius 1 is 1.03 bits per heavy atom. The van der Waals surface area contributed by atoms with E-state index in [9.17, 15) is 9.59 Å². The molecule has 176 valence electrons. The van der Waals surface area contributed by atoms with Crippen molar-refractivity contribution in [1.82, 2.24) is 18.7 Å². The lowest BCUT2D eigenvalue weighted by atomic mass is 10.1. The van der Waals surface area contributed by atoms with Crippen LogP contribution in [0.15, 0.2) is 46.0 Å². The van der Waals surface area contributed by atoms with Gasteiger partial charge >= 0.3 is 5.69 Å². The maximum atomic E-state index is 13.7. The molecule has 2 aromatic heterocycles. The molecular formula is C25H25Cl2N5O2. The van der Waals surface area contributed by atoms with Crippen molar-refractivity contribution < 1.29 is 0 Å². The molecule has 1 atom stereocenters. The Bertz CT molecular complexity index is 1570. The lowest BCUT2D eigenvalue weighted by Gasteiger charge is -2.33. The van der Waals surface area contributed by atoms with Gasteiger partial charge in [-0.3, -0.25) is 13.9 Å². The van der Waals surface area contributed by atoms with Crippen LogP contribution in [-0.2, 0) is 20.1 Å². The first-order valence-electron chi connectivity index (χ1n) is 11.1. The van der Waals surface area contributed by atoms with Gasteiger partial charge in [-0.1, -0.05) is 42.3 Å². The Morgan fingerprint density at radius 2 is 1.79 bits per heavy atom. The van der Waals surface area contributed by atoms with Gasteiger partial charge in [0, 0.05) is 35.9 Å². The van der Waals surface area contributed by atoms with Gasteiger partial charge < -0.3 is 9.47 Å². The molecule has 7 nitrogen and oxygen atoms in total. The Hall–Kier alpha value is -3.03. The number of hydrogen-bond acceptors (Lipinski definition) is 4. The molecule has 0 spiro atoms. The molecule has 0 saturated carbocycles. The number of aromatic nitrogens is 4. The molecule has 4 aromatic rings. The molecule has 0 saturated heterocycles. The number of halogens is 2. The molecule has 0 fully saturated rings. The summed E-state index contributed by atoms with van der Waals surface area (Å²) in [5, 5.41) is 0.904. The van der Waals surface area contributed by atoms with Gasteiger partial charge in [0.05, 0.1) is 6.54 Å². The Kier molecular flexibility index (Phi) is 5.57. The minimum Gasteiger partial charge on any atom is -0.312 e. The maximum Gasteiger partial charge on any atom is 0.332 e. The molecule has 0 aliphatic carbocycles. The van der Waals surface area contributed by atoms with E-state index in [1.54, 1.807) is 25.2 Å². The third-order valence-corrected chi connectivity index (χ3v) is 7.17. The topological polar surface area (TPSA) is 65.1 Å². The fourth-order valence-electron chi connectivity index (χ4n) is 4.58. The van der Waals surface area contributed by atoms with Crippen molar-refractivity contribution in [3.63, 3.8) is 0 Å². The van der Waals surface area contributed by atoms with Crippen molar-refractivity contribution in [2.45, 2.75) is 33.9 Å². The van der Waals surface area contributed by atoms with E-state index in [0.29, 0.717) is 39.3 Å². The quantitative estimate of drug-likeness (QED) is 0.412. The summed E-state index contributed by atoms with van der Waals surface area (Å²) in [4.78, 5) is 33.8. The predicted octanol–water partition coefficient (Wildman–Crippen LogP) is 4.66. The monoisotopic (exact) mass is 497 g/mol. The summed E-state index contributed by atoms with van der Waals surface area (Å²) in [5.41, 5.74) is 4.05. The van der Waals surface area contributed by atoms with E-state index in [1.807, 2.05) is 4.57 Å². The fourth-order valence-corrected chi connectivity index (χ4v) is 5.04. The van der Waals surface area contributed by atoms with Gasteiger partial charge in [-0.2, -0.15) is 4.98 Å². The first-order chi connectivity index (χ1) is 16.2. The van der Waals surface area contributed by atoms with E-state index in [0.717, 1.165) is 12.2 Å². The third kappa shape index (κ3) is 3.63. The van der Waals surface area contributed by atoms with Gasteiger partial charge in [0.25, 0.3) is 5.56 Å². The van der Waals surface area contributed by atoms with Crippen LogP contribution in [0.3, 0.4) is 0 Å². The highest BCUT2D eigenvalue weighted by atomic mass is 35.5. The van der Waals surface area contributed by atoms with Gasteiger partial charge in [-0.05, 0) is 60.7 Å². The number of nitrogens with zero attached hydrogens (tertiary/aromatic N) is 5. The third-order valence-electron chi connectivity index (χ3n) is 6.59. The molecule has 5 rings (SSSR count). The zero-order valence-electron chi connectivity index (χ0n) is 19.5. The van der Waals surface area contributed by atoms with Gasteiger partial charge in [0.1, 0.15) is 0 Å². The molecule has 0 bridgehead atoms. The zero-order chi connectivity index (χ0) is 24.3. The minimum absolute atomic E-state index is 0.0500. The lowest BCUT2D eigenvalue weighted by molar-refractivity contribution is 0.458. The van der Waals surface area contributed by atoms with E-state index in [-0.39, 0.29) is 18.0 Å². The second-order valence-electron chi connectivity index (χ2n) is 9.15. The second-order valence-corrected chi connectivity index (χ2v) is 9.99.